The van der Waals surface area contributed by atoms with Gasteiger partial charge >= 0.3 is 0 Å². The first-order valence-corrected chi connectivity index (χ1v) is 8.77. The molecule has 0 saturated carbocycles. The van der Waals surface area contributed by atoms with E-state index in [0.29, 0.717) is 0 Å². The Balaban J connectivity index is 2.02. The molecule has 2 atom stereocenters. The highest BCUT2D eigenvalue weighted by Gasteiger charge is 2.36. The molecule has 2 unspecified atom stereocenters. The molecule has 0 saturated heterocycles. The van der Waals surface area contributed by atoms with Gasteiger partial charge in [0.2, 0.25) is 0 Å². The fourth-order valence-electron chi connectivity index (χ4n) is 3.01. The maximum absolute atomic E-state index is 12.5. The number of hydrogen-bond donors (Lipinski definition) is 0. The molecule has 0 aliphatic heterocycles. The van der Waals surface area contributed by atoms with E-state index in [9.17, 15) is 9.59 Å². The summed E-state index contributed by atoms with van der Waals surface area (Å²) in [7, 11) is 0. The minimum Gasteiger partial charge on any atom is -0.299 e. The van der Waals surface area contributed by atoms with E-state index in [4.69, 9.17) is 0 Å². The SMILES string of the molecule is CC(=O)C1C(=O)C=C(c2cccs2)CC1c1ccc(Br)cc1. The number of hydrogen-bond acceptors (Lipinski definition) is 3. The highest BCUT2D eigenvalue weighted by atomic mass is 79.9. The second-order valence-corrected chi connectivity index (χ2v) is 7.36. The molecular formula is C18H15BrO2S. The number of Topliss-reactive ketones (excluding diaryl/α,β-unsaturated/α-hetero) is 1. The number of allylic oxidation sites excluding steroid dienone is 2. The van der Waals surface area contributed by atoms with Gasteiger partial charge in [-0.1, -0.05) is 34.1 Å². The molecule has 0 N–H and O–H groups in total. The fraction of sp³-hybridized carbons (Fsp3) is 0.222. The second kappa shape index (κ2) is 6.31. The first kappa shape index (κ1) is 15.4. The summed E-state index contributed by atoms with van der Waals surface area (Å²) in [5.74, 6) is -0.778. The average molecular weight is 375 g/mol. The third-order valence-electron chi connectivity index (χ3n) is 4.04. The van der Waals surface area contributed by atoms with Crippen LogP contribution in [0.25, 0.3) is 5.57 Å². The Kier molecular flexibility index (Phi) is 4.41. The summed E-state index contributed by atoms with van der Waals surface area (Å²) in [6, 6.07) is 11.9. The molecular weight excluding hydrogens is 360 g/mol. The number of benzene rings is 1. The Morgan fingerprint density at radius 2 is 1.95 bits per heavy atom. The lowest BCUT2D eigenvalue weighted by Gasteiger charge is -2.29. The van der Waals surface area contributed by atoms with Crippen LogP contribution in [-0.4, -0.2) is 11.6 Å². The molecule has 22 heavy (non-hydrogen) atoms. The van der Waals surface area contributed by atoms with Crippen molar-refractivity contribution in [1.82, 2.24) is 0 Å². The predicted octanol–water partition coefficient (Wildman–Crippen LogP) is 4.86. The molecule has 1 aromatic heterocycles. The summed E-state index contributed by atoms with van der Waals surface area (Å²) in [5.41, 5.74) is 2.07. The topological polar surface area (TPSA) is 34.1 Å². The monoisotopic (exact) mass is 374 g/mol. The van der Waals surface area contributed by atoms with Crippen molar-refractivity contribution in [2.24, 2.45) is 5.92 Å². The Bertz CT molecular complexity index is 729. The normalized spacial score (nSPS) is 21.5. The Morgan fingerprint density at radius 3 is 2.55 bits per heavy atom. The van der Waals surface area contributed by atoms with Gasteiger partial charge in [-0.2, -0.15) is 0 Å². The van der Waals surface area contributed by atoms with Gasteiger partial charge in [-0.05, 0) is 54.1 Å². The van der Waals surface area contributed by atoms with E-state index in [0.717, 1.165) is 26.9 Å². The number of halogens is 1. The van der Waals surface area contributed by atoms with Gasteiger partial charge in [0, 0.05) is 15.3 Å². The van der Waals surface area contributed by atoms with E-state index in [-0.39, 0.29) is 17.5 Å². The molecule has 0 spiro atoms. The number of ketones is 2. The van der Waals surface area contributed by atoms with E-state index in [2.05, 4.69) is 15.9 Å². The molecule has 4 heteroatoms. The van der Waals surface area contributed by atoms with Gasteiger partial charge in [0.15, 0.2) is 5.78 Å². The lowest BCUT2D eigenvalue weighted by atomic mass is 9.73. The third kappa shape index (κ3) is 2.99. The van der Waals surface area contributed by atoms with Gasteiger partial charge in [-0.3, -0.25) is 9.59 Å². The predicted molar refractivity (Wildman–Crippen MR) is 93.0 cm³/mol. The van der Waals surface area contributed by atoms with Crippen molar-refractivity contribution in [1.29, 1.82) is 0 Å². The van der Waals surface area contributed by atoms with Gasteiger partial charge in [-0.25, -0.2) is 0 Å². The summed E-state index contributed by atoms with van der Waals surface area (Å²) in [6.07, 6.45) is 2.38. The molecule has 1 heterocycles. The van der Waals surface area contributed by atoms with Crippen LogP contribution in [0.5, 0.6) is 0 Å². The number of rotatable bonds is 3. The molecule has 0 bridgehead atoms. The maximum atomic E-state index is 12.5. The van der Waals surface area contributed by atoms with Crippen LogP contribution < -0.4 is 0 Å². The van der Waals surface area contributed by atoms with E-state index < -0.39 is 5.92 Å². The Labute approximate surface area is 142 Å². The number of carbonyl (C=O) groups excluding carboxylic acids is 2. The summed E-state index contributed by atoms with van der Waals surface area (Å²) in [5, 5.41) is 2.01. The van der Waals surface area contributed by atoms with Gasteiger partial charge in [0.25, 0.3) is 0 Å². The first-order valence-electron chi connectivity index (χ1n) is 7.10. The minimum atomic E-state index is -0.565. The standard InChI is InChI=1S/C18H15BrO2S/c1-11(20)18-15(12-4-6-14(19)7-5-12)9-13(10-16(18)21)17-3-2-8-22-17/h2-8,10,15,18H,9H2,1H3. The zero-order valence-corrected chi connectivity index (χ0v) is 14.5. The average Bonchev–Trinajstić information content (AvgIpc) is 3.01. The van der Waals surface area contributed by atoms with Crippen molar-refractivity contribution in [2.75, 3.05) is 0 Å². The van der Waals surface area contributed by atoms with Crippen molar-refractivity contribution in [2.45, 2.75) is 19.3 Å². The van der Waals surface area contributed by atoms with Crippen molar-refractivity contribution in [3.05, 3.63) is 62.8 Å². The highest BCUT2D eigenvalue weighted by molar-refractivity contribution is 9.10. The van der Waals surface area contributed by atoms with Gasteiger partial charge < -0.3 is 0 Å². The molecule has 0 radical (unpaired) electrons. The van der Waals surface area contributed by atoms with Crippen LogP contribution in [0.15, 0.2) is 52.3 Å². The summed E-state index contributed by atoms with van der Waals surface area (Å²) < 4.78 is 0.992. The molecule has 3 rings (SSSR count). The lowest BCUT2D eigenvalue weighted by Crippen LogP contribution is -2.31. The maximum Gasteiger partial charge on any atom is 0.167 e. The minimum absolute atomic E-state index is 0.0561. The zero-order chi connectivity index (χ0) is 15.7. The molecule has 2 aromatic rings. The van der Waals surface area contributed by atoms with Crippen LogP contribution in [0, 0.1) is 5.92 Å². The first-order chi connectivity index (χ1) is 10.6. The van der Waals surface area contributed by atoms with E-state index in [1.165, 1.54) is 6.92 Å². The van der Waals surface area contributed by atoms with Gasteiger partial charge in [0.1, 0.15) is 5.78 Å². The molecule has 1 aliphatic rings. The fourth-order valence-corrected chi connectivity index (χ4v) is 4.03. The quantitative estimate of drug-likeness (QED) is 0.719. The van der Waals surface area contributed by atoms with E-state index >= 15 is 0 Å². The van der Waals surface area contributed by atoms with Crippen LogP contribution in [0.4, 0.5) is 0 Å². The summed E-state index contributed by atoms with van der Waals surface area (Å²) in [4.78, 5) is 25.6. The van der Waals surface area contributed by atoms with E-state index in [1.54, 1.807) is 17.4 Å². The molecule has 112 valence electrons. The van der Waals surface area contributed by atoms with Gasteiger partial charge in [0.05, 0.1) is 5.92 Å². The van der Waals surface area contributed by atoms with E-state index in [1.807, 2.05) is 41.8 Å². The van der Waals surface area contributed by atoms with Gasteiger partial charge in [-0.15, -0.1) is 11.3 Å². The number of thiophene rings is 1. The zero-order valence-electron chi connectivity index (χ0n) is 12.1. The summed E-state index contributed by atoms with van der Waals surface area (Å²) >= 11 is 5.05. The van der Waals surface area contributed by atoms with Crippen LogP contribution in [0.3, 0.4) is 0 Å². The molecule has 0 fully saturated rings. The van der Waals surface area contributed by atoms with Crippen molar-refractivity contribution >= 4 is 44.4 Å². The lowest BCUT2D eigenvalue weighted by molar-refractivity contribution is -0.130. The molecule has 1 aromatic carbocycles. The third-order valence-corrected chi connectivity index (χ3v) is 5.51. The highest BCUT2D eigenvalue weighted by Crippen LogP contribution is 2.41. The number of carbonyl (C=O) groups is 2. The molecule has 2 nitrogen and oxygen atoms in total. The van der Waals surface area contributed by atoms with Crippen molar-refractivity contribution < 1.29 is 9.59 Å². The summed E-state index contributed by atoms with van der Waals surface area (Å²) in [6.45, 7) is 1.51. The Hall–Kier alpha value is -1.52. The van der Waals surface area contributed by atoms with Crippen LogP contribution >= 0.6 is 27.3 Å². The Morgan fingerprint density at radius 1 is 1.23 bits per heavy atom. The van der Waals surface area contributed by atoms with Crippen molar-refractivity contribution in [3.8, 4) is 0 Å². The van der Waals surface area contributed by atoms with Crippen LogP contribution in [0.2, 0.25) is 0 Å². The smallest absolute Gasteiger partial charge is 0.167 e. The molecule has 0 amide bonds. The van der Waals surface area contributed by atoms with Crippen LogP contribution in [-0.2, 0) is 9.59 Å². The van der Waals surface area contributed by atoms with Crippen LogP contribution in [0.1, 0.15) is 29.7 Å². The largest absolute Gasteiger partial charge is 0.299 e. The van der Waals surface area contributed by atoms with Crippen molar-refractivity contribution in [3.63, 3.8) is 0 Å². The molecule has 1 aliphatic carbocycles. The second-order valence-electron chi connectivity index (χ2n) is 5.50.